The number of fused-ring (bicyclic) bond motifs is 1. The van der Waals surface area contributed by atoms with Gasteiger partial charge in [-0.05, 0) is 91.3 Å². The first-order valence-electron chi connectivity index (χ1n) is 8.32. The predicted molar refractivity (Wildman–Crippen MR) is 103 cm³/mol. The van der Waals surface area contributed by atoms with Crippen molar-refractivity contribution in [3.8, 4) is 11.8 Å². The maximum Gasteiger partial charge on any atom is 0.0740 e. The molecule has 2 heteroatoms. The second kappa shape index (κ2) is 6.57. The Hall–Kier alpha value is -2.46. The van der Waals surface area contributed by atoms with Crippen LogP contribution in [0.4, 0.5) is 5.69 Å². The van der Waals surface area contributed by atoms with Crippen LogP contribution in [0.2, 0.25) is 0 Å². The Morgan fingerprint density at radius 1 is 1.00 bits per heavy atom. The molecule has 2 aliphatic rings. The number of allylic oxidation sites excluding steroid dienone is 1. The van der Waals surface area contributed by atoms with Crippen LogP contribution in [0.15, 0.2) is 53.0 Å². The molecule has 0 N–H and O–H groups in total. The molecule has 1 nitrogen and oxygen atoms in total. The minimum Gasteiger partial charge on any atom is -0.195 e. The molecule has 0 saturated heterocycles. The smallest absolute Gasteiger partial charge is 0.0740 e. The summed E-state index contributed by atoms with van der Waals surface area (Å²) < 4.78 is 0. The van der Waals surface area contributed by atoms with Crippen LogP contribution in [0.25, 0.3) is 6.08 Å². The summed E-state index contributed by atoms with van der Waals surface area (Å²) in [7, 11) is 0. The normalized spacial score (nSPS) is 14.9. The van der Waals surface area contributed by atoms with E-state index in [1.165, 1.54) is 30.4 Å². The van der Waals surface area contributed by atoms with Crippen molar-refractivity contribution in [1.82, 2.24) is 0 Å². The highest BCUT2D eigenvalue weighted by Gasteiger charge is 2.24. The standard InChI is InChI=1S/C22H17NS/c24-15-23-22-9-6-16(7-10-22)1-2-18-5-8-20-13-19(11-17-3-4-17)14-21(20)12-18/h5-10,12-13,17H,3-4,11,14H2. The molecule has 0 atom stereocenters. The van der Waals surface area contributed by atoms with Gasteiger partial charge in [0, 0.05) is 11.1 Å². The van der Waals surface area contributed by atoms with Crippen LogP contribution in [-0.4, -0.2) is 5.16 Å². The first-order valence-corrected chi connectivity index (χ1v) is 8.73. The summed E-state index contributed by atoms with van der Waals surface area (Å²) >= 11 is 4.61. The number of hydrogen-bond acceptors (Lipinski definition) is 2. The SMILES string of the molecule is S=C=Nc1ccc(C#Cc2ccc3c(c2)CC(CC2CC2)=C3)cc1. The number of thiocarbonyl (C=S) groups is 1. The predicted octanol–water partition coefficient (Wildman–Crippen LogP) is 5.56. The molecule has 0 heterocycles. The summed E-state index contributed by atoms with van der Waals surface area (Å²) in [6, 6.07) is 14.3. The number of nitrogens with zero attached hydrogens (tertiary/aromatic N) is 1. The van der Waals surface area contributed by atoms with Gasteiger partial charge < -0.3 is 0 Å². The van der Waals surface area contributed by atoms with Crippen LogP contribution in [0.5, 0.6) is 0 Å². The van der Waals surface area contributed by atoms with Gasteiger partial charge in [-0.2, -0.15) is 4.99 Å². The zero-order valence-corrected chi connectivity index (χ0v) is 14.2. The van der Waals surface area contributed by atoms with E-state index in [0.717, 1.165) is 29.2 Å². The Morgan fingerprint density at radius 3 is 2.50 bits per heavy atom. The van der Waals surface area contributed by atoms with E-state index < -0.39 is 0 Å². The van der Waals surface area contributed by atoms with E-state index in [9.17, 15) is 0 Å². The lowest BCUT2D eigenvalue weighted by molar-refractivity contribution is 0.808. The van der Waals surface area contributed by atoms with Gasteiger partial charge in [0.2, 0.25) is 0 Å². The van der Waals surface area contributed by atoms with Crippen LogP contribution in [0, 0.1) is 17.8 Å². The molecule has 1 fully saturated rings. The molecule has 4 rings (SSSR count). The summed E-state index contributed by atoms with van der Waals surface area (Å²) in [6.45, 7) is 0. The Bertz CT molecular complexity index is 915. The van der Waals surface area contributed by atoms with Gasteiger partial charge >= 0.3 is 0 Å². The number of isothiocyanates is 1. The van der Waals surface area contributed by atoms with Gasteiger partial charge in [-0.15, -0.1) is 0 Å². The quantitative estimate of drug-likeness (QED) is 0.408. The van der Waals surface area contributed by atoms with Crippen LogP contribution < -0.4 is 0 Å². The Kier molecular flexibility index (Phi) is 4.13. The first kappa shape index (κ1) is 15.1. The van der Waals surface area contributed by atoms with Crippen molar-refractivity contribution >= 4 is 29.1 Å². The van der Waals surface area contributed by atoms with Gasteiger partial charge in [-0.1, -0.05) is 29.6 Å². The molecule has 0 spiro atoms. The fraction of sp³-hybridized carbons (Fsp3) is 0.227. The molecule has 2 aliphatic carbocycles. The fourth-order valence-corrected chi connectivity index (χ4v) is 3.24. The van der Waals surface area contributed by atoms with Crippen molar-refractivity contribution in [3.05, 3.63) is 70.3 Å². The maximum absolute atomic E-state index is 4.61. The lowest BCUT2D eigenvalue weighted by atomic mass is 10.0. The Labute approximate surface area is 148 Å². The monoisotopic (exact) mass is 327 g/mol. The van der Waals surface area contributed by atoms with Gasteiger partial charge in [-0.25, -0.2) is 0 Å². The number of rotatable bonds is 3. The Balaban J connectivity index is 1.48. The molecule has 0 amide bonds. The molecule has 0 unspecified atom stereocenters. The van der Waals surface area contributed by atoms with E-state index in [1.807, 2.05) is 24.3 Å². The van der Waals surface area contributed by atoms with Crippen molar-refractivity contribution < 1.29 is 0 Å². The van der Waals surface area contributed by atoms with E-state index in [1.54, 1.807) is 5.57 Å². The van der Waals surface area contributed by atoms with E-state index in [4.69, 9.17) is 0 Å². The van der Waals surface area contributed by atoms with Gasteiger partial charge in [0.05, 0.1) is 10.8 Å². The zero-order chi connectivity index (χ0) is 16.4. The third-order valence-corrected chi connectivity index (χ3v) is 4.65. The van der Waals surface area contributed by atoms with Crippen molar-refractivity contribution in [2.45, 2.75) is 25.7 Å². The number of benzene rings is 2. The minimum atomic E-state index is 0.808. The van der Waals surface area contributed by atoms with Crippen molar-refractivity contribution in [1.29, 1.82) is 0 Å². The van der Waals surface area contributed by atoms with E-state index in [-0.39, 0.29) is 0 Å². The van der Waals surface area contributed by atoms with Crippen molar-refractivity contribution in [2.24, 2.45) is 10.9 Å². The summed E-state index contributed by atoms with van der Waals surface area (Å²) in [5.74, 6) is 7.44. The summed E-state index contributed by atoms with van der Waals surface area (Å²) in [5, 5.41) is 2.37. The van der Waals surface area contributed by atoms with Crippen LogP contribution in [0.1, 0.15) is 41.5 Å². The highest BCUT2D eigenvalue weighted by Crippen LogP contribution is 2.39. The van der Waals surface area contributed by atoms with Gasteiger partial charge in [-0.3, -0.25) is 0 Å². The van der Waals surface area contributed by atoms with E-state index in [2.05, 4.69) is 58.5 Å². The second-order valence-electron chi connectivity index (χ2n) is 6.54. The molecular weight excluding hydrogens is 310 g/mol. The molecule has 0 bridgehead atoms. The molecule has 24 heavy (non-hydrogen) atoms. The van der Waals surface area contributed by atoms with Crippen molar-refractivity contribution in [3.63, 3.8) is 0 Å². The van der Waals surface area contributed by atoms with Gasteiger partial charge in [0.1, 0.15) is 0 Å². The highest BCUT2D eigenvalue weighted by molar-refractivity contribution is 7.78. The summed E-state index contributed by atoms with van der Waals surface area (Å²) in [6.07, 6.45) is 7.59. The fourth-order valence-electron chi connectivity index (χ4n) is 3.13. The molecule has 0 aromatic heterocycles. The van der Waals surface area contributed by atoms with E-state index in [0.29, 0.717) is 0 Å². The third-order valence-electron chi connectivity index (χ3n) is 4.56. The highest BCUT2D eigenvalue weighted by atomic mass is 32.1. The average Bonchev–Trinajstić information content (AvgIpc) is 3.31. The lowest BCUT2D eigenvalue weighted by Gasteiger charge is -2.00. The first-order chi connectivity index (χ1) is 11.8. The van der Waals surface area contributed by atoms with Crippen LogP contribution in [0.3, 0.4) is 0 Å². The number of hydrogen-bond donors (Lipinski definition) is 0. The van der Waals surface area contributed by atoms with Crippen LogP contribution >= 0.6 is 12.2 Å². The summed E-state index contributed by atoms with van der Waals surface area (Å²) in [5.41, 5.74) is 7.25. The zero-order valence-electron chi connectivity index (χ0n) is 13.4. The lowest BCUT2D eigenvalue weighted by Crippen LogP contribution is -1.88. The number of aliphatic imine (C=N–C) groups is 1. The van der Waals surface area contributed by atoms with Gasteiger partial charge in [0.15, 0.2) is 0 Å². The third kappa shape index (κ3) is 3.54. The molecule has 1 saturated carbocycles. The molecule has 0 radical (unpaired) electrons. The average molecular weight is 327 g/mol. The summed E-state index contributed by atoms with van der Waals surface area (Å²) in [4.78, 5) is 3.95. The minimum absolute atomic E-state index is 0.808. The molecule has 0 aliphatic heterocycles. The molecule has 2 aromatic carbocycles. The van der Waals surface area contributed by atoms with Gasteiger partial charge in [0.25, 0.3) is 0 Å². The largest absolute Gasteiger partial charge is 0.195 e. The molecule has 2 aromatic rings. The Morgan fingerprint density at radius 2 is 1.75 bits per heavy atom. The van der Waals surface area contributed by atoms with Crippen LogP contribution in [-0.2, 0) is 6.42 Å². The second-order valence-corrected chi connectivity index (χ2v) is 6.72. The van der Waals surface area contributed by atoms with Crippen molar-refractivity contribution in [2.75, 3.05) is 0 Å². The van der Waals surface area contributed by atoms with E-state index >= 15 is 0 Å². The topological polar surface area (TPSA) is 12.4 Å². The maximum atomic E-state index is 4.61. The molecular formula is C22H17NS. The molecule has 116 valence electrons.